The van der Waals surface area contributed by atoms with Crippen LogP contribution in [-0.2, 0) is 14.3 Å². The predicted octanol–water partition coefficient (Wildman–Crippen LogP) is 15.6. The van der Waals surface area contributed by atoms with Gasteiger partial charge in [0.1, 0.15) is 24.4 Å². The lowest BCUT2D eigenvalue weighted by Crippen LogP contribution is -2.60. The molecule has 0 aromatic heterocycles. The molecule has 1 rings (SSSR count). The predicted molar refractivity (Wildman–Crippen MR) is 295 cm³/mol. The Labute approximate surface area is 433 Å². The lowest BCUT2D eigenvalue weighted by molar-refractivity contribution is -0.302. The first-order valence-electron chi connectivity index (χ1n) is 30.9. The Hall–Kier alpha value is -1.07. The number of carbonyl (C=O) groups excluding carboxylic acids is 1. The van der Waals surface area contributed by atoms with Gasteiger partial charge < -0.3 is 40.3 Å². The van der Waals surface area contributed by atoms with E-state index in [1.54, 1.807) is 6.08 Å². The van der Waals surface area contributed by atoms with Crippen LogP contribution in [0.5, 0.6) is 0 Å². The molecule has 6 N–H and O–H groups in total. The molecule has 7 atom stereocenters. The van der Waals surface area contributed by atoms with Crippen molar-refractivity contribution >= 4 is 5.91 Å². The molecule has 70 heavy (non-hydrogen) atoms. The molecule has 1 aliphatic rings. The topological polar surface area (TPSA) is 149 Å². The van der Waals surface area contributed by atoms with Crippen LogP contribution in [0.15, 0.2) is 12.2 Å². The number of allylic oxidation sites excluding steroid dienone is 1. The second-order valence-corrected chi connectivity index (χ2v) is 21.9. The van der Waals surface area contributed by atoms with Crippen molar-refractivity contribution in [1.82, 2.24) is 5.32 Å². The van der Waals surface area contributed by atoms with Crippen molar-refractivity contribution in [1.29, 1.82) is 0 Å². The van der Waals surface area contributed by atoms with E-state index in [2.05, 4.69) is 19.2 Å². The minimum Gasteiger partial charge on any atom is -0.394 e. The van der Waals surface area contributed by atoms with Crippen LogP contribution in [0.3, 0.4) is 0 Å². The average Bonchev–Trinajstić information content (AvgIpc) is 3.36. The summed E-state index contributed by atoms with van der Waals surface area (Å²) in [5.74, 6) is -0.170. The zero-order valence-electron chi connectivity index (χ0n) is 46.3. The summed E-state index contributed by atoms with van der Waals surface area (Å²) < 4.78 is 11.3. The molecule has 416 valence electrons. The molecule has 9 nitrogen and oxygen atoms in total. The number of carbonyl (C=O) groups is 1. The van der Waals surface area contributed by atoms with Gasteiger partial charge in [-0.05, 0) is 19.3 Å². The number of rotatable bonds is 54. The van der Waals surface area contributed by atoms with Gasteiger partial charge >= 0.3 is 0 Å². The molecule has 0 aliphatic carbocycles. The van der Waals surface area contributed by atoms with Crippen LogP contribution >= 0.6 is 0 Å². The number of nitrogens with one attached hydrogen (secondary N) is 1. The minimum absolute atomic E-state index is 0.170. The number of amides is 1. The van der Waals surface area contributed by atoms with Gasteiger partial charge in [-0.1, -0.05) is 302 Å². The highest BCUT2D eigenvalue weighted by Crippen LogP contribution is 2.23. The smallest absolute Gasteiger partial charge is 0.220 e. The molecule has 0 aromatic rings. The molecule has 0 saturated carbocycles. The van der Waals surface area contributed by atoms with Crippen molar-refractivity contribution in [3.63, 3.8) is 0 Å². The molecule has 0 radical (unpaired) electrons. The van der Waals surface area contributed by atoms with E-state index in [-0.39, 0.29) is 12.5 Å². The third-order valence-corrected chi connectivity index (χ3v) is 15.1. The number of aliphatic hydroxyl groups is 5. The van der Waals surface area contributed by atoms with Gasteiger partial charge in [-0.25, -0.2) is 0 Å². The summed E-state index contributed by atoms with van der Waals surface area (Å²) in [6, 6.07) is -0.799. The highest BCUT2D eigenvalue weighted by molar-refractivity contribution is 5.76. The fourth-order valence-corrected chi connectivity index (χ4v) is 10.2. The summed E-state index contributed by atoms with van der Waals surface area (Å²) in [4.78, 5) is 13.0. The van der Waals surface area contributed by atoms with Crippen molar-refractivity contribution in [2.75, 3.05) is 13.2 Å². The van der Waals surface area contributed by atoms with E-state index >= 15 is 0 Å². The van der Waals surface area contributed by atoms with Crippen LogP contribution in [0.4, 0.5) is 0 Å². The minimum atomic E-state index is -1.56. The van der Waals surface area contributed by atoms with Crippen LogP contribution in [0, 0.1) is 0 Å². The Bertz CT molecular complexity index is 1110. The van der Waals surface area contributed by atoms with Gasteiger partial charge in [-0.2, -0.15) is 0 Å². The molecule has 0 spiro atoms. The molecule has 0 aromatic carbocycles. The number of hydrogen-bond acceptors (Lipinski definition) is 8. The zero-order chi connectivity index (χ0) is 50.8. The molecule has 9 heteroatoms. The summed E-state index contributed by atoms with van der Waals surface area (Å²) in [7, 11) is 0. The third-order valence-electron chi connectivity index (χ3n) is 15.1. The van der Waals surface area contributed by atoms with Crippen molar-refractivity contribution in [2.24, 2.45) is 0 Å². The Morgan fingerprint density at radius 3 is 1.11 bits per heavy atom. The maximum atomic E-state index is 13.0. The first kappa shape index (κ1) is 66.9. The van der Waals surface area contributed by atoms with Crippen LogP contribution < -0.4 is 5.32 Å². The monoisotopic (exact) mass is 994 g/mol. The Balaban J connectivity index is 2.06. The first-order valence-corrected chi connectivity index (χ1v) is 30.9. The number of unbranched alkanes of at least 4 members (excludes halogenated alkanes) is 44. The van der Waals surface area contributed by atoms with Crippen molar-refractivity contribution in [3.05, 3.63) is 12.2 Å². The summed E-state index contributed by atoms with van der Waals surface area (Å²) in [5, 5.41) is 54.4. The Morgan fingerprint density at radius 1 is 0.471 bits per heavy atom. The van der Waals surface area contributed by atoms with Gasteiger partial charge in [-0.3, -0.25) is 4.79 Å². The molecule has 1 amide bonds. The molecule has 1 saturated heterocycles. The fraction of sp³-hybridized carbons (Fsp3) is 0.951. The van der Waals surface area contributed by atoms with Gasteiger partial charge in [0.25, 0.3) is 0 Å². The second kappa shape index (κ2) is 51.4. The highest BCUT2D eigenvalue weighted by Gasteiger charge is 2.44. The van der Waals surface area contributed by atoms with E-state index in [0.717, 1.165) is 38.5 Å². The lowest BCUT2D eigenvalue weighted by atomic mass is 9.99. The highest BCUT2D eigenvalue weighted by atomic mass is 16.7. The average molecular weight is 995 g/mol. The van der Waals surface area contributed by atoms with Crippen LogP contribution in [-0.4, -0.2) is 87.5 Å². The fourth-order valence-electron chi connectivity index (χ4n) is 10.2. The number of aliphatic hydroxyl groups excluding tert-OH is 5. The molecule has 0 bridgehead atoms. The molecule has 1 aliphatic heterocycles. The molecule has 1 heterocycles. The maximum Gasteiger partial charge on any atom is 0.220 e. The van der Waals surface area contributed by atoms with E-state index in [1.807, 2.05) is 6.08 Å². The van der Waals surface area contributed by atoms with Gasteiger partial charge in [-0.15, -0.1) is 0 Å². The lowest BCUT2D eigenvalue weighted by Gasteiger charge is -2.40. The van der Waals surface area contributed by atoms with Crippen LogP contribution in [0.1, 0.15) is 316 Å². The van der Waals surface area contributed by atoms with Gasteiger partial charge in [0.2, 0.25) is 5.91 Å². The molecular formula is C61H119NO8. The maximum absolute atomic E-state index is 13.0. The van der Waals surface area contributed by atoms with Crippen LogP contribution in [0.2, 0.25) is 0 Å². The van der Waals surface area contributed by atoms with E-state index in [0.29, 0.717) is 6.42 Å². The second-order valence-electron chi connectivity index (χ2n) is 21.9. The van der Waals surface area contributed by atoms with Crippen molar-refractivity contribution in [2.45, 2.75) is 358 Å². The normalized spacial score (nSPS) is 19.3. The van der Waals surface area contributed by atoms with E-state index in [4.69, 9.17) is 9.47 Å². The summed E-state index contributed by atoms with van der Waals surface area (Å²) in [6.07, 6.45) is 57.4. The number of ether oxygens (including phenoxy) is 2. The summed E-state index contributed by atoms with van der Waals surface area (Å²) in [5.41, 5.74) is 0. The van der Waals surface area contributed by atoms with E-state index < -0.39 is 49.5 Å². The molecular weight excluding hydrogens is 875 g/mol. The van der Waals surface area contributed by atoms with Crippen molar-refractivity contribution < 1.29 is 39.8 Å². The quantitative estimate of drug-likeness (QED) is 0.0261. The molecule has 1 fully saturated rings. The molecule has 7 unspecified atom stereocenters. The SMILES string of the molecule is CCCCCCCCCCCCC/C=C/C(O)C(COC1OC(CO)C(O)C(O)C1O)NC(=O)CCCCCCCCCCCCCCCCCCCCCCCCCCCCCCCCCCCC. The summed E-state index contributed by atoms with van der Waals surface area (Å²) in [6.45, 7) is 3.81. The van der Waals surface area contributed by atoms with E-state index in [9.17, 15) is 30.3 Å². The Morgan fingerprint density at radius 2 is 0.786 bits per heavy atom. The van der Waals surface area contributed by atoms with Gasteiger partial charge in [0.05, 0.1) is 25.4 Å². The first-order chi connectivity index (χ1) is 34.3. The standard InChI is InChI=1S/C61H119NO8/c1-3-5-7-9-11-13-15-17-18-19-20-21-22-23-24-25-26-27-28-29-30-31-32-33-34-35-36-37-39-41-43-45-47-49-51-57(65)62-54(53-69-61-60(68)59(67)58(66)56(52-63)70-61)55(64)50-48-46-44-42-40-38-16-14-12-10-8-6-4-2/h48,50,54-56,58-61,63-64,66-68H,3-47,49,51-53H2,1-2H3,(H,62,65)/b50-48+. The zero-order valence-corrected chi connectivity index (χ0v) is 46.3. The number of hydrogen-bond donors (Lipinski definition) is 6. The Kier molecular flexibility index (Phi) is 49.2. The van der Waals surface area contributed by atoms with E-state index in [1.165, 1.54) is 257 Å². The van der Waals surface area contributed by atoms with Gasteiger partial charge in [0, 0.05) is 6.42 Å². The summed E-state index contributed by atoms with van der Waals surface area (Å²) >= 11 is 0. The van der Waals surface area contributed by atoms with Crippen molar-refractivity contribution in [3.8, 4) is 0 Å². The largest absolute Gasteiger partial charge is 0.394 e. The third kappa shape index (κ3) is 40.3. The van der Waals surface area contributed by atoms with Gasteiger partial charge in [0.15, 0.2) is 6.29 Å². The van der Waals surface area contributed by atoms with Crippen LogP contribution in [0.25, 0.3) is 0 Å².